The van der Waals surface area contributed by atoms with Crippen LogP contribution in [0, 0.1) is 6.92 Å². The van der Waals surface area contributed by atoms with Crippen LogP contribution in [0.5, 0.6) is 0 Å². The topological polar surface area (TPSA) is 86.8 Å². The van der Waals surface area contributed by atoms with Gasteiger partial charge in [0.15, 0.2) is 0 Å². The van der Waals surface area contributed by atoms with Crippen molar-refractivity contribution in [2.45, 2.75) is 63.8 Å². The molecule has 3 aromatic carbocycles. The Bertz CT molecular complexity index is 1520. The lowest BCUT2D eigenvalue weighted by molar-refractivity contribution is -0.140. The van der Waals surface area contributed by atoms with Crippen molar-refractivity contribution in [3.63, 3.8) is 0 Å². The smallest absolute Gasteiger partial charge is 0.352 e. The summed E-state index contributed by atoms with van der Waals surface area (Å²) in [6.07, 6.45) is -4.67. The van der Waals surface area contributed by atoms with Crippen LogP contribution < -0.4 is 9.62 Å². The highest BCUT2D eigenvalue weighted by molar-refractivity contribution is 7.92. The van der Waals surface area contributed by atoms with Gasteiger partial charge in [-0.1, -0.05) is 66.6 Å². The number of hydrogen-bond donors (Lipinski definition) is 1. The van der Waals surface area contributed by atoms with E-state index in [1.807, 2.05) is 19.1 Å². The number of carbonyl (C=O) groups excluding carboxylic acids is 2. The normalized spacial score (nSPS) is 12.6. The second-order valence-corrected chi connectivity index (χ2v) is 12.4. The minimum atomic E-state index is -4.88. The van der Waals surface area contributed by atoms with Gasteiger partial charge in [-0.15, -0.1) is 0 Å². The standard InChI is InChI=1S/C30H33ClF3N3O4S/c1-5-27(29(39)35-20(2)3)36(18-22-11-9-10-21(4)16-22)28(38)19-37(42(40,41)24-12-7-6-8-13-24)23-14-15-26(31)25(17-23)30(32,33)34/h6-17,20,27H,5,18-19H2,1-4H3,(H,35,39)/t27-/m0/s1. The number of anilines is 1. The molecule has 3 rings (SSSR count). The Kier molecular flexibility index (Phi) is 10.7. The average Bonchev–Trinajstić information content (AvgIpc) is 2.91. The lowest BCUT2D eigenvalue weighted by Gasteiger charge is -2.33. The number of sulfonamides is 1. The Labute approximate surface area is 249 Å². The summed E-state index contributed by atoms with van der Waals surface area (Å²) in [4.78, 5) is 28.2. The molecule has 7 nitrogen and oxygen atoms in total. The number of halogens is 4. The molecule has 0 fully saturated rings. The number of alkyl halides is 3. The quantitative estimate of drug-likeness (QED) is 0.276. The molecule has 0 radical (unpaired) electrons. The number of benzene rings is 3. The zero-order chi connectivity index (χ0) is 31.2. The maximum Gasteiger partial charge on any atom is 0.417 e. The van der Waals surface area contributed by atoms with Gasteiger partial charge in [-0.3, -0.25) is 13.9 Å². The van der Waals surface area contributed by atoms with Gasteiger partial charge in [0.25, 0.3) is 10.0 Å². The van der Waals surface area contributed by atoms with Gasteiger partial charge in [-0.2, -0.15) is 13.2 Å². The molecule has 226 valence electrons. The maximum atomic E-state index is 14.0. The van der Waals surface area contributed by atoms with Crippen molar-refractivity contribution in [3.8, 4) is 0 Å². The van der Waals surface area contributed by atoms with E-state index in [1.54, 1.807) is 39.0 Å². The molecular formula is C30H33ClF3N3O4S. The second kappa shape index (κ2) is 13.6. The van der Waals surface area contributed by atoms with Gasteiger partial charge in [0, 0.05) is 12.6 Å². The third-order valence-corrected chi connectivity index (χ3v) is 8.52. The highest BCUT2D eigenvalue weighted by Crippen LogP contribution is 2.38. The van der Waals surface area contributed by atoms with Crippen molar-refractivity contribution in [2.75, 3.05) is 10.8 Å². The summed E-state index contributed by atoms with van der Waals surface area (Å²) in [6, 6.07) is 15.8. The molecule has 2 amide bonds. The molecule has 0 unspecified atom stereocenters. The Hall–Kier alpha value is -3.57. The molecule has 0 aliphatic rings. The zero-order valence-corrected chi connectivity index (χ0v) is 25.2. The molecule has 3 aromatic rings. The fraction of sp³-hybridized carbons (Fsp3) is 0.333. The van der Waals surface area contributed by atoms with Crippen molar-refractivity contribution in [1.29, 1.82) is 0 Å². The zero-order valence-electron chi connectivity index (χ0n) is 23.7. The molecule has 0 bridgehead atoms. The van der Waals surface area contributed by atoms with Crippen molar-refractivity contribution in [3.05, 3.63) is 94.5 Å². The fourth-order valence-electron chi connectivity index (χ4n) is 4.44. The van der Waals surface area contributed by atoms with Gasteiger partial charge in [0.2, 0.25) is 11.8 Å². The summed E-state index contributed by atoms with van der Waals surface area (Å²) in [6.45, 7) is 6.22. The molecule has 1 atom stereocenters. The van der Waals surface area contributed by atoms with Gasteiger partial charge in [-0.25, -0.2) is 8.42 Å². The van der Waals surface area contributed by atoms with Gasteiger partial charge in [0.05, 0.1) is 21.2 Å². The van der Waals surface area contributed by atoms with E-state index in [0.29, 0.717) is 15.9 Å². The Morgan fingerprint density at radius 2 is 1.64 bits per heavy atom. The van der Waals surface area contributed by atoms with Crippen molar-refractivity contribution >= 4 is 39.1 Å². The predicted molar refractivity (Wildman–Crippen MR) is 157 cm³/mol. The first-order chi connectivity index (χ1) is 19.6. The fourth-order valence-corrected chi connectivity index (χ4v) is 6.09. The summed E-state index contributed by atoms with van der Waals surface area (Å²) in [5, 5.41) is 2.17. The van der Waals surface area contributed by atoms with E-state index in [-0.39, 0.29) is 23.9 Å². The Balaban J connectivity index is 2.14. The monoisotopic (exact) mass is 623 g/mol. The van der Waals surface area contributed by atoms with E-state index in [9.17, 15) is 31.2 Å². The molecular weight excluding hydrogens is 591 g/mol. The second-order valence-electron chi connectivity index (χ2n) is 10.1. The largest absolute Gasteiger partial charge is 0.417 e. The first kappa shape index (κ1) is 32.9. The summed E-state index contributed by atoms with van der Waals surface area (Å²) >= 11 is 5.81. The summed E-state index contributed by atoms with van der Waals surface area (Å²) in [5.74, 6) is -1.21. The first-order valence-corrected chi connectivity index (χ1v) is 15.1. The summed E-state index contributed by atoms with van der Waals surface area (Å²) in [7, 11) is -4.53. The Morgan fingerprint density at radius 3 is 2.21 bits per heavy atom. The highest BCUT2D eigenvalue weighted by Gasteiger charge is 2.37. The van der Waals surface area contributed by atoms with Crippen LogP contribution in [0.4, 0.5) is 18.9 Å². The number of amides is 2. The minimum absolute atomic E-state index is 0.0296. The van der Waals surface area contributed by atoms with Gasteiger partial charge in [0.1, 0.15) is 12.6 Å². The van der Waals surface area contributed by atoms with Crippen molar-refractivity contribution in [2.24, 2.45) is 0 Å². The van der Waals surface area contributed by atoms with E-state index in [0.717, 1.165) is 17.7 Å². The van der Waals surface area contributed by atoms with E-state index in [2.05, 4.69) is 5.32 Å². The van der Waals surface area contributed by atoms with E-state index in [1.165, 1.54) is 29.2 Å². The highest BCUT2D eigenvalue weighted by atomic mass is 35.5. The number of rotatable bonds is 11. The third kappa shape index (κ3) is 8.04. The predicted octanol–water partition coefficient (Wildman–Crippen LogP) is 6.19. The summed E-state index contributed by atoms with van der Waals surface area (Å²) in [5.41, 5.74) is -0.0444. The van der Waals surface area contributed by atoms with E-state index in [4.69, 9.17) is 11.6 Å². The van der Waals surface area contributed by atoms with Crippen LogP contribution >= 0.6 is 11.6 Å². The lowest BCUT2D eigenvalue weighted by atomic mass is 10.1. The maximum absolute atomic E-state index is 14.0. The third-order valence-electron chi connectivity index (χ3n) is 6.41. The molecule has 12 heteroatoms. The van der Waals surface area contributed by atoms with Crippen LogP contribution in [0.15, 0.2) is 77.7 Å². The SMILES string of the molecule is CC[C@@H](C(=O)NC(C)C)N(Cc1cccc(C)c1)C(=O)CN(c1ccc(Cl)c(C(F)(F)F)c1)S(=O)(=O)c1ccccc1. The number of nitrogens with one attached hydrogen (secondary N) is 1. The van der Waals surface area contributed by atoms with E-state index < -0.39 is 56.9 Å². The number of hydrogen-bond acceptors (Lipinski definition) is 4. The minimum Gasteiger partial charge on any atom is -0.352 e. The lowest BCUT2D eigenvalue weighted by Crippen LogP contribution is -2.53. The van der Waals surface area contributed by atoms with Crippen LogP contribution in [0.1, 0.15) is 43.9 Å². The van der Waals surface area contributed by atoms with Crippen LogP contribution in [0.3, 0.4) is 0 Å². The molecule has 42 heavy (non-hydrogen) atoms. The molecule has 0 aliphatic heterocycles. The molecule has 0 saturated carbocycles. The van der Waals surface area contributed by atoms with Crippen LogP contribution in [0.2, 0.25) is 5.02 Å². The molecule has 1 N–H and O–H groups in total. The molecule has 0 heterocycles. The molecule has 0 aromatic heterocycles. The van der Waals surface area contributed by atoms with Crippen LogP contribution in [-0.4, -0.2) is 43.8 Å². The molecule has 0 spiro atoms. The first-order valence-electron chi connectivity index (χ1n) is 13.2. The van der Waals surface area contributed by atoms with Gasteiger partial charge >= 0.3 is 6.18 Å². The van der Waals surface area contributed by atoms with Crippen molar-refractivity contribution < 1.29 is 31.2 Å². The van der Waals surface area contributed by atoms with Gasteiger partial charge in [-0.05, 0) is 63.1 Å². The van der Waals surface area contributed by atoms with E-state index >= 15 is 0 Å². The summed E-state index contributed by atoms with van der Waals surface area (Å²) < 4.78 is 69.5. The number of carbonyl (C=O) groups is 2. The van der Waals surface area contributed by atoms with Gasteiger partial charge < -0.3 is 10.2 Å². The Morgan fingerprint density at radius 1 is 0.976 bits per heavy atom. The van der Waals surface area contributed by atoms with Crippen LogP contribution in [-0.2, 0) is 32.3 Å². The molecule has 0 aliphatic carbocycles. The number of aryl methyl sites for hydroxylation is 1. The van der Waals surface area contributed by atoms with Crippen molar-refractivity contribution in [1.82, 2.24) is 10.2 Å². The number of nitrogens with zero attached hydrogens (tertiary/aromatic N) is 2. The molecule has 0 saturated heterocycles. The van der Waals surface area contributed by atoms with Crippen LogP contribution in [0.25, 0.3) is 0 Å². The average molecular weight is 624 g/mol.